The van der Waals surface area contributed by atoms with Crippen molar-refractivity contribution in [1.82, 2.24) is 24.6 Å². The molecule has 6 heteroatoms. The molecular formula is C19H23N5O. The number of amides is 1. The number of fused-ring (bicyclic) bond motifs is 1. The number of aryl methyl sites for hydroxylation is 1. The van der Waals surface area contributed by atoms with Gasteiger partial charge in [-0.25, -0.2) is 4.98 Å². The molecule has 1 aliphatic rings. The number of carbonyl (C=O) groups is 1. The van der Waals surface area contributed by atoms with E-state index in [0.29, 0.717) is 19.0 Å². The Morgan fingerprint density at radius 2 is 2.00 bits per heavy atom. The summed E-state index contributed by atoms with van der Waals surface area (Å²) in [5.41, 5.74) is 1.06. The van der Waals surface area contributed by atoms with Gasteiger partial charge in [-0.05, 0) is 49.9 Å². The van der Waals surface area contributed by atoms with Crippen molar-refractivity contribution in [1.29, 1.82) is 0 Å². The Hall–Kier alpha value is -2.63. The van der Waals surface area contributed by atoms with Crippen LogP contribution in [0.1, 0.15) is 38.1 Å². The van der Waals surface area contributed by atoms with Crippen LogP contribution in [-0.4, -0.2) is 31.3 Å². The van der Waals surface area contributed by atoms with Gasteiger partial charge in [0.2, 0.25) is 5.91 Å². The summed E-state index contributed by atoms with van der Waals surface area (Å²) in [6.45, 7) is 0.634. The summed E-state index contributed by atoms with van der Waals surface area (Å²) in [5, 5.41) is 8.50. The van der Waals surface area contributed by atoms with Crippen LogP contribution in [0.15, 0.2) is 49.1 Å². The first-order valence-electron chi connectivity index (χ1n) is 8.98. The molecule has 0 unspecified atom stereocenters. The summed E-state index contributed by atoms with van der Waals surface area (Å²) < 4.78 is 4.09. The van der Waals surface area contributed by atoms with E-state index < -0.39 is 0 Å². The molecule has 0 atom stereocenters. The molecule has 3 heterocycles. The first-order valence-corrected chi connectivity index (χ1v) is 8.98. The molecule has 1 fully saturated rings. The zero-order chi connectivity index (χ0) is 17.1. The highest BCUT2D eigenvalue weighted by atomic mass is 16.1. The third-order valence-electron chi connectivity index (χ3n) is 5.06. The minimum Gasteiger partial charge on any atom is -0.353 e. The van der Waals surface area contributed by atoms with Crippen molar-refractivity contribution < 1.29 is 4.79 Å². The summed E-state index contributed by atoms with van der Waals surface area (Å²) in [5.74, 6) is 0.118. The molecule has 0 spiro atoms. The lowest BCUT2D eigenvalue weighted by Crippen LogP contribution is -2.38. The van der Waals surface area contributed by atoms with Crippen molar-refractivity contribution in [3.05, 3.63) is 49.1 Å². The normalized spacial score (nSPS) is 20.6. The predicted octanol–water partition coefficient (Wildman–Crippen LogP) is 2.92. The highest BCUT2D eigenvalue weighted by Crippen LogP contribution is 2.31. The number of aromatic nitrogens is 4. The number of rotatable bonds is 5. The van der Waals surface area contributed by atoms with Gasteiger partial charge < -0.3 is 9.88 Å². The van der Waals surface area contributed by atoms with Gasteiger partial charge in [0.15, 0.2) is 0 Å². The van der Waals surface area contributed by atoms with E-state index in [-0.39, 0.29) is 11.9 Å². The van der Waals surface area contributed by atoms with Crippen LogP contribution in [-0.2, 0) is 11.3 Å². The molecule has 1 aliphatic carbocycles. The number of nitrogens with zero attached hydrogens (tertiary/aromatic N) is 4. The Balaban J connectivity index is 1.29. The third kappa shape index (κ3) is 3.57. The Bertz CT molecular complexity index is 831. The molecule has 0 bridgehead atoms. The summed E-state index contributed by atoms with van der Waals surface area (Å²) in [7, 11) is 0. The molecule has 1 saturated carbocycles. The molecule has 130 valence electrons. The first-order chi connectivity index (χ1) is 12.3. The molecule has 3 aromatic rings. The van der Waals surface area contributed by atoms with Crippen LogP contribution in [0.25, 0.3) is 11.0 Å². The van der Waals surface area contributed by atoms with Gasteiger partial charge in [-0.15, -0.1) is 0 Å². The molecular weight excluding hydrogens is 314 g/mol. The maximum atomic E-state index is 12.1. The Kier molecular flexibility index (Phi) is 4.50. The second-order valence-electron chi connectivity index (χ2n) is 6.73. The number of hydrogen-bond donors (Lipinski definition) is 1. The quantitative estimate of drug-likeness (QED) is 0.778. The highest BCUT2D eigenvalue weighted by Gasteiger charge is 2.24. The fourth-order valence-corrected chi connectivity index (χ4v) is 3.73. The fourth-order valence-electron chi connectivity index (χ4n) is 3.73. The monoisotopic (exact) mass is 337 g/mol. The van der Waals surface area contributed by atoms with Gasteiger partial charge in [-0.2, -0.15) is 5.10 Å². The molecule has 0 radical (unpaired) electrons. The minimum absolute atomic E-state index is 0.118. The SMILES string of the molecule is O=C(CCn1cccn1)NC1CCC(n2ccc3cccnc32)CC1. The molecule has 4 rings (SSSR count). The molecule has 0 aliphatic heterocycles. The molecule has 0 saturated heterocycles. The second kappa shape index (κ2) is 7.09. The van der Waals surface area contributed by atoms with Gasteiger partial charge in [0.25, 0.3) is 0 Å². The second-order valence-corrected chi connectivity index (χ2v) is 6.73. The number of pyridine rings is 1. The van der Waals surface area contributed by atoms with Gasteiger partial charge >= 0.3 is 0 Å². The van der Waals surface area contributed by atoms with Gasteiger partial charge in [0, 0.05) is 55.2 Å². The lowest BCUT2D eigenvalue weighted by atomic mass is 9.91. The van der Waals surface area contributed by atoms with Crippen LogP contribution in [0.4, 0.5) is 0 Å². The van der Waals surface area contributed by atoms with Crippen LogP contribution in [0.2, 0.25) is 0 Å². The molecule has 25 heavy (non-hydrogen) atoms. The number of nitrogens with one attached hydrogen (secondary N) is 1. The molecule has 6 nitrogen and oxygen atoms in total. The van der Waals surface area contributed by atoms with Gasteiger partial charge in [0.05, 0.1) is 0 Å². The van der Waals surface area contributed by atoms with Crippen LogP contribution in [0.5, 0.6) is 0 Å². The van der Waals surface area contributed by atoms with E-state index in [1.54, 1.807) is 10.9 Å². The van der Waals surface area contributed by atoms with Gasteiger partial charge in [0.1, 0.15) is 5.65 Å². The standard InChI is InChI=1S/C19H23N5O/c25-18(9-13-23-12-2-11-21-23)22-16-4-6-17(7-5-16)24-14-8-15-3-1-10-20-19(15)24/h1-3,8,10-12,14,16-17H,4-7,9,13H2,(H,22,25). The first kappa shape index (κ1) is 15.9. The van der Waals surface area contributed by atoms with E-state index in [1.807, 2.05) is 24.5 Å². The van der Waals surface area contributed by atoms with Crippen molar-refractivity contribution >= 4 is 16.9 Å². The largest absolute Gasteiger partial charge is 0.353 e. The zero-order valence-corrected chi connectivity index (χ0v) is 14.2. The van der Waals surface area contributed by atoms with E-state index in [1.165, 1.54) is 5.39 Å². The van der Waals surface area contributed by atoms with E-state index >= 15 is 0 Å². The van der Waals surface area contributed by atoms with E-state index in [0.717, 1.165) is 31.3 Å². The Labute approximate surface area is 146 Å². The average Bonchev–Trinajstić information content (AvgIpc) is 3.30. The van der Waals surface area contributed by atoms with Gasteiger partial charge in [-0.3, -0.25) is 9.48 Å². The van der Waals surface area contributed by atoms with Crippen molar-refractivity contribution in [2.45, 2.75) is 50.7 Å². The summed E-state index contributed by atoms with van der Waals surface area (Å²) >= 11 is 0. The Morgan fingerprint density at radius 1 is 1.12 bits per heavy atom. The highest BCUT2D eigenvalue weighted by molar-refractivity contribution is 5.76. The van der Waals surface area contributed by atoms with Crippen molar-refractivity contribution in [2.75, 3.05) is 0 Å². The van der Waals surface area contributed by atoms with Crippen molar-refractivity contribution in [3.8, 4) is 0 Å². The van der Waals surface area contributed by atoms with Crippen molar-refractivity contribution in [3.63, 3.8) is 0 Å². The molecule has 1 N–H and O–H groups in total. The average molecular weight is 337 g/mol. The van der Waals surface area contributed by atoms with Crippen LogP contribution < -0.4 is 5.32 Å². The maximum absolute atomic E-state index is 12.1. The third-order valence-corrected chi connectivity index (χ3v) is 5.06. The molecule has 3 aromatic heterocycles. The summed E-state index contributed by atoms with van der Waals surface area (Å²) in [6, 6.07) is 8.85. The number of hydrogen-bond acceptors (Lipinski definition) is 3. The van der Waals surface area contributed by atoms with E-state index in [2.05, 4.69) is 38.3 Å². The summed E-state index contributed by atoms with van der Waals surface area (Å²) in [6.07, 6.45) is 12.3. The lowest BCUT2D eigenvalue weighted by Gasteiger charge is -2.30. The summed E-state index contributed by atoms with van der Waals surface area (Å²) in [4.78, 5) is 16.6. The number of carbonyl (C=O) groups excluding carboxylic acids is 1. The zero-order valence-electron chi connectivity index (χ0n) is 14.2. The van der Waals surface area contributed by atoms with E-state index in [9.17, 15) is 4.79 Å². The fraction of sp³-hybridized carbons (Fsp3) is 0.421. The van der Waals surface area contributed by atoms with E-state index in [4.69, 9.17) is 0 Å². The molecule has 0 aromatic carbocycles. The maximum Gasteiger partial charge on any atom is 0.222 e. The molecule has 1 amide bonds. The van der Waals surface area contributed by atoms with Crippen LogP contribution in [0, 0.1) is 0 Å². The van der Waals surface area contributed by atoms with Gasteiger partial charge in [-0.1, -0.05) is 0 Å². The minimum atomic E-state index is 0.118. The predicted molar refractivity (Wildman–Crippen MR) is 96.0 cm³/mol. The smallest absolute Gasteiger partial charge is 0.222 e. The lowest BCUT2D eigenvalue weighted by molar-refractivity contribution is -0.122. The Morgan fingerprint density at radius 3 is 2.80 bits per heavy atom. The van der Waals surface area contributed by atoms with Crippen LogP contribution >= 0.6 is 0 Å². The topological polar surface area (TPSA) is 64.7 Å². The van der Waals surface area contributed by atoms with Crippen molar-refractivity contribution in [2.24, 2.45) is 0 Å². The van der Waals surface area contributed by atoms with Crippen LogP contribution in [0.3, 0.4) is 0 Å².